The number of hydrogen-bond acceptors (Lipinski definition) is 4. The lowest BCUT2D eigenvalue weighted by Gasteiger charge is -2.19. The molecule has 0 aliphatic rings. The molecule has 0 saturated heterocycles. The van der Waals surface area contributed by atoms with Crippen molar-refractivity contribution >= 4 is 15.9 Å². The first-order valence-corrected chi connectivity index (χ1v) is 6.66. The summed E-state index contributed by atoms with van der Waals surface area (Å²) in [5.41, 5.74) is 5.94. The molecule has 0 saturated carbocycles. The number of hydrazine groups is 1. The average molecular weight is 322 g/mol. The van der Waals surface area contributed by atoms with Crippen molar-refractivity contribution in [3.8, 4) is 5.75 Å². The van der Waals surface area contributed by atoms with Gasteiger partial charge in [0.25, 0.3) is 0 Å². The molecule has 0 spiro atoms. The Hall–Kier alpha value is -1.43. The van der Waals surface area contributed by atoms with Gasteiger partial charge < -0.3 is 4.74 Å². The molecule has 1 unspecified atom stereocenters. The number of nitrogens with zero attached hydrogens (tertiary/aromatic N) is 1. The van der Waals surface area contributed by atoms with Crippen molar-refractivity contribution in [3.05, 3.63) is 57.8 Å². The maximum atomic E-state index is 5.71. The van der Waals surface area contributed by atoms with Gasteiger partial charge in [0.15, 0.2) is 0 Å². The van der Waals surface area contributed by atoms with E-state index in [1.165, 1.54) is 0 Å². The Morgan fingerprint density at radius 3 is 2.74 bits per heavy atom. The van der Waals surface area contributed by atoms with Crippen molar-refractivity contribution in [2.45, 2.75) is 13.0 Å². The molecule has 0 amide bonds. The third-order valence-electron chi connectivity index (χ3n) is 2.91. The predicted octanol–water partition coefficient (Wildman–Crippen LogP) is 2.71. The van der Waals surface area contributed by atoms with Gasteiger partial charge in [-0.1, -0.05) is 22.0 Å². The zero-order valence-electron chi connectivity index (χ0n) is 10.9. The lowest BCUT2D eigenvalue weighted by molar-refractivity contribution is 0.413. The Labute approximate surface area is 121 Å². The van der Waals surface area contributed by atoms with Crippen molar-refractivity contribution in [2.24, 2.45) is 5.84 Å². The number of benzene rings is 1. The molecule has 3 N–H and O–H groups in total. The van der Waals surface area contributed by atoms with Crippen LogP contribution in [0.1, 0.15) is 22.7 Å². The van der Waals surface area contributed by atoms with Gasteiger partial charge in [0, 0.05) is 16.9 Å². The molecule has 2 rings (SSSR count). The van der Waals surface area contributed by atoms with Crippen LogP contribution in [0, 0.1) is 6.92 Å². The summed E-state index contributed by atoms with van der Waals surface area (Å²) >= 11 is 3.55. The Bertz CT molecular complexity index is 574. The highest BCUT2D eigenvalue weighted by Crippen LogP contribution is 2.31. The van der Waals surface area contributed by atoms with Gasteiger partial charge >= 0.3 is 0 Å². The monoisotopic (exact) mass is 321 g/mol. The van der Waals surface area contributed by atoms with Crippen LogP contribution in [0.2, 0.25) is 0 Å². The van der Waals surface area contributed by atoms with Gasteiger partial charge in [0.05, 0.1) is 13.2 Å². The van der Waals surface area contributed by atoms with E-state index in [2.05, 4.69) is 32.4 Å². The van der Waals surface area contributed by atoms with Gasteiger partial charge in [-0.3, -0.25) is 10.8 Å². The second kappa shape index (κ2) is 6.14. The highest BCUT2D eigenvalue weighted by molar-refractivity contribution is 9.10. The molecule has 1 heterocycles. The summed E-state index contributed by atoms with van der Waals surface area (Å²) in [7, 11) is 1.64. The Balaban J connectivity index is 2.47. The molecule has 1 aromatic carbocycles. The van der Waals surface area contributed by atoms with Crippen molar-refractivity contribution in [1.29, 1.82) is 0 Å². The molecule has 0 fully saturated rings. The van der Waals surface area contributed by atoms with Crippen molar-refractivity contribution in [1.82, 2.24) is 10.4 Å². The van der Waals surface area contributed by atoms with Crippen LogP contribution in [0.15, 0.2) is 41.1 Å². The van der Waals surface area contributed by atoms with E-state index in [1.54, 1.807) is 7.11 Å². The summed E-state index contributed by atoms with van der Waals surface area (Å²) in [6.45, 7) is 2.00. The van der Waals surface area contributed by atoms with Crippen LogP contribution in [0.25, 0.3) is 0 Å². The Morgan fingerprint density at radius 1 is 1.32 bits per heavy atom. The second-order valence-electron chi connectivity index (χ2n) is 4.28. The first-order chi connectivity index (χ1) is 9.15. The van der Waals surface area contributed by atoms with Crippen LogP contribution in [0.3, 0.4) is 0 Å². The minimum atomic E-state index is -0.142. The van der Waals surface area contributed by atoms with E-state index in [0.29, 0.717) is 0 Å². The minimum absolute atomic E-state index is 0.142. The zero-order valence-corrected chi connectivity index (χ0v) is 12.4. The van der Waals surface area contributed by atoms with Gasteiger partial charge in [-0.25, -0.2) is 5.43 Å². The molecule has 100 valence electrons. The van der Waals surface area contributed by atoms with Crippen LogP contribution in [0.5, 0.6) is 5.75 Å². The first kappa shape index (κ1) is 14.0. The molecule has 19 heavy (non-hydrogen) atoms. The van der Waals surface area contributed by atoms with Crippen molar-refractivity contribution in [2.75, 3.05) is 7.11 Å². The van der Waals surface area contributed by atoms with Gasteiger partial charge in [0.2, 0.25) is 0 Å². The summed E-state index contributed by atoms with van der Waals surface area (Å²) in [5, 5.41) is 0. The number of nitrogens with two attached hydrogens (primary N) is 1. The molecule has 1 atom stereocenters. The number of methoxy groups -OCH3 is 1. The van der Waals surface area contributed by atoms with Crippen LogP contribution < -0.4 is 16.0 Å². The molecular weight excluding hydrogens is 306 g/mol. The van der Waals surface area contributed by atoms with E-state index < -0.39 is 0 Å². The fraction of sp³-hybridized carbons (Fsp3) is 0.214. The van der Waals surface area contributed by atoms with E-state index in [4.69, 9.17) is 10.6 Å². The molecule has 0 bridgehead atoms. The van der Waals surface area contributed by atoms with Crippen LogP contribution in [-0.4, -0.2) is 12.1 Å². The van der Waals surface area contributed by atoms with E-state index in [9.17, 15) is 0 Å². The summed E-state index contributed by atoms with van der Waals surface area (Å²) < 4.78 is 6.23. The number of pyridine rings is 1. The number of aryl methyl sites for hydroxylation is 1. The van der Waals surface area contributed by atoms with E-state index in [-0.39, 0.29) is 6.04 Å². The average Bonchev–Trinajstić information content (AvgIpc) is 2.42. The highest BCUT2D eigenvalue weighted by atomic mass is 79.9. The lowest BCUT2D eigenvalue weighted by atomic mass is 9.99. The molecule has 5 heteroatoms. The summed E-state index contributed by atoms with van der Waals surface area (Å²) in [4.78, 5) is 4.21. The van der Waals surface area contributed by atoms with Gasteiger partial charge in [0.1, 0.15) is 5.75 Å². The first-order valence-electron chi connectivity index (χ1n) is 5.87. The zero-order chi connectivity index (χ0) is 13.8. The second-order valence-corrected chi connectivity index (χ2v) is 5.14. The fourth-order valence-electron chi connectivity index (χ4n) is 1.97. The number of halogens is 1. The number of nitrogens with one attached hydrogen (secondary N) is 1. The number of hydrogen-bond donors (Lipinski definition) is 2. The van der Waals surface area contributed by atoms with E-state index in [0.717, 1.165) is 26.9 Å². The minimum Gasteiger partial charge on any atom is -0.497 e. The van der Waals surface area contributed by atoms with Gasteiger partial charge in [-0.15, -0.1) is 0 Å². The van der Waals surface area contributed by atoms with Crippen molar-refractivity contribution < 1.29 is 4.74 Å². The lowest BCUT2D eigenvalue weighted by Crippen LogP contribution is -2.29. The van der Waals surface area contributed by atoms with Crippen LogP contribution in [0.4, 0.5) is 0 Å². The van der Waals surface area contributed by atoms with Crippen molar-refractivity contribution in [3.63, 3.8) is 0 Å². The molecular formula is C14H16BrN3O. The predicted molar refractivity (Wildman–Crippen MR) is 78.8 cm³/mol. The molecule has 0 aliphatic carbocycles. The third kappa shape index (κ3) is 3.12. The van der Waals surface area contributed by atoms with Crippen LogP contribution >= 0.6 is 15.9 Å². The normalized spacial score (nSPS) is 12.2. The van der Waals surface area contributed by atoms with E-state index in [1.807, 2.05) is 37.5 Å². The topological polar surface area (TPSA) is 60.2 Å². The largest absolute Gasteiger partial charge is 0.497 e. The summed E-state index contributed by atoms with van der Waals surface area (Å²) in [6, 6.07) is 7.72. The standard InChI is InChI=1S/C14H16BrN3O/c1-9-5-10(8-17-7-9)14(18-16)12-6-11(19-2)3-4-13(12)15/h3-8,14,18H,16H2,1-2H3. The molecule has 0 radical (unpaired) electrons. The highest BCUT2D eigenvalue weighted by Gasteiger charge is 2.16. The Morgan fingerprint density at radius 2 is 2.11 bits per heavy atom. The third-order valence-corrected chi connectivity index (χ3v) is 3.63. The molecule has 2 aromatic rings. The van der Waals surface area contributed by atoms with E-state index >= 15 is 0 Å². The molecule has 4 nitrogen and oxygen atoms in total. The van der Waals surface area contributed by atoms with Gasteiger partial charge in [-0.2, -0.15) is 0 Å². The summed E-state index contributed by atoms with van der Waals surface area (Å²) in [6.07, 6.45) is 3.63. The number of ether oxygens (including phenoxy) is 1. The maximum Gasteiger partial charge on any atom is 0.119 e. The number of rotatable bonds is 4. The number of aromatic nitrogens is 1. The van der Waals surface area contributed by atoms with Crippen LogP contribution in [-0.2, 0) is 0 Å². The molecule has 0 aliphatic heterocycles. The SMILES string of the molecule is COc1ccc(Br)c(C(NN)c2cncc(C)c2)c1. The quantitative estimate of drug-likeness (QED) is 0.671. The Kier molecular flexibility index (Phi) is 4.52. The smallest absolute Gasteiger partial charge is 0.119 e. The van der Waals surface area contributed by atoms with Gasteiger partial charge in [-0.05, 0) is 41.8 Å². The fourth-order valence-corrected chi connectivity index (χ4v) is 2.45. The maximum absolute atomic E-state index is 5.71. The summed E-state index contributed by atoms with van der Waals surface area (Å²) in [5.74, 6) is 6.50. The molecule has 1 aromatic heterocycles.